The van der Waals surface area contributed by atoms with Gasteiger partial charge < -0.3 is 10.0 Å². The Morgan fingerprint density at radius 1 is 1.40 bits per heavy atom. The maximum Gasteiger partial charge on any atom is 0.317 e. The third kappa shape index (κ3) is 1.68. The molecule has 4 nitrogen and oxygen atoms in total. The molecule has 1 aliphatic rings. The van der Waals surface area contributed by atoms with Gasteiger partial charge >= 0.3 is 5.97 Å². The molecular weight excluding hydrogens is 218 g/mol. The summed E-state index contributed by atoms with van der Waals surface area (Å²) in [4.78, 5) is 23.4. The smallest absolute Gasteiger partial charge is 0.317 e. The number of hydrogen-bond donors (Lipinski definition) is 1. The van der Waals surface area contributed by atoms with Crippen molar-refractivity contribution in [2.45, 2.75) is 0 Å². The van der Waals surface area contributed by atoms with E-state index in [-0.39, 0.29) is 12.5 Å². The van der Waals surface area contributed by atoms with E-state index in [0.717, 1.165) is 0 Å². The molecule has 1 aromatic rings. The third-order valence-electron chi connectivity index (χ3n) is 2.37. The molecule has 1 N–H and O–H groups in total. The van der Waals surface area contributed by atoms with E-state index < -0.39 is 11.9 Å². The summed E-state index contributed by atoms with van der Waals surface area (Å²) >= 11 is 5.70. The van der Waals surface area contributed by atoms with E-state index in [1.54, 1.807) is 24.3 Å². The molecule has 0 aliphatic carbocycles. The van der Waals surface area contributed by atoms with Crippen LogP contribution in [0.1, 0.15) is 0 Å². The highest BCUT2D eigenvalue weighted by Crippen LogP contribution is 2.27. The molecule has 78 valence electrons. The van der Waals surface area contributed by atoms with Crippen LogP contribution in [0.5, 0.6) is 0 Å². The molecular formula is C10H8ClNO3. The summed E-state index contributed by atoms with van der Waals surface area (Å²) in [6.45, 7) is 0.232. The summed E-state index contributed by atoms with van der Waals surface area (Å²) in [6.07, 6.45) is 0. The highest BCUT2D eigenvalue weighted by atomic mass is 35.5. The van der Waals surface area contributed by atoms with Crippen molar-refractivity contribution in [3.05, 3.63) is 29.3 Å². The van der Waals surface area contributed by atoms with Crippen molar-refractivity contribution >= 4 is 29.2 Å². The molecule has 1 aromatic carbocycles. The first kappa shape index (κ1) is 9.98. The van der Waals surface area contributed by atoms with Crippen LogP contribution in [-0.4, -0.2) is 23.5 Å². The Balaban J connectivity index is 2.13. The zero-order valence-corrected chi connectivity index (χ0v) is 8.44. The lowest BCUT2D eigenvalue weighted by Crippen LogP contribution is -2.56. The normalized spacial score (nSPS) is 19.9. The average molecular weight is 226 g/mol. The molecule has 2 rings (SSSR count). The molecule has 0 radical (unpaired) electrons. The molecule has 1 atom stereocenters. The number of halogens is 1. The number of carboxylic acids is 1. The predicted molar refractivity (Wildman–Crippen MR) is 54.9 cm³/mol. The number of β-lactam (4-membered cyclic amide) rings is 1. The van der Waals surface area contributed by atoms with E-state index in [1.165, 1.54) is 4.90 Å². The maximum absolute atomic E-state index is 11.4. The van der Waals surface area contributed by atoms with Gasteiger partial charge in [0.1, 0.15) is 0 Å². The molecule has 1 fully saturated rings. The highest BCUT2D eigenvalue weighted by Gasteiger charge is 2.42. The number of carbonyl (C=O) groups is 2. The van der Waals surface area contributed by atoms with Gasteiger partial charge in [-0.3, -0.25) is 9.59 Å². The van der Waals surface area contributed by atoms with Crippen LogP contribution in [0.25, 0.3) is 0 Å². The second-order valence-electron chi connectivity index (χ2n) is 3.32. The van der Waals surface area contributed by atoms with Crippen LogP contribution in [0.2, 0.25) is 5.02 Å². The van der Waals surface area contributed by atoms with E-state index in [2.05, 4.69) is 0 Å². The fourth-order valence-corrected chi connectivity index (χ4v) is 1.59. The molecule has 0 saturated carbocycles. The van der Waals surface area contributed by atoms with E-state index in [0.29, 0.717) is 10.7 Å². The molecule has 0 spiro atoms. The first-order valence-corrected chi connectivity index (χ1v) is 4.77. The van der Waals surface area contributed by atoms with Gasteiger partial charge in [-0.05, 0) is 24.3 Å². The van der Waals surface area contributed by atoms with Crippen LogP contribution in [0.3, 0.4) is 0 Å². The number of nitrogens with zero attached hydrogens (tertiary/aromatic N) is 1. The summed E-state index contributed by atoms with van der Waals surface area (Å²) in [7, 11) is 0. The number of benzene rings is 1. The molecule has 0 aromatic heterocycles. The Kier molecular flexibility index (Phi) is 2.36. The third-order valence-corrected chi connectivity index (χ3v) is 2.62. The second kappa shape index (κ2) is 3.55. The molecule has 15 heavy (non-hydrogen) atoms. The van der Waals surface area contributed by atoms with Gasteiger partial charge in [0.25, 0.3) is 0 Å². The van der Waals surface area contributed by atoms with Gasteiger partial charge in [-0.25, -0.2) is 0 Å². The Morgan fingerprint density at radius 2 is 2.00 bits per heavy atom. The van der Waals surface area contributed by atoms with Crippen LogP contribution in [0.4, 0.5) is 5.69 Å². The Bertz CT molecular complexity index is 415. The first-order valence-electron chi connectivity index (χ1n) is 4.39. The van der Waals surface area contributed by atoms with Gasteiger partial charge in [0, 0.05) is 17.3 Å². The number of carboxylic acid groups (broad SMARTS) is 1. The van der Waals surface area contributed by atoms with Crippen molar-refractivity contribution in [1.82, 2.24) is 0 Å². The number of aliphatic carboxylic acids is 1. The van der Waals surface area contributed by atoms with Crippen molar-refractivity contribution in [3.63, 3.8) is 0 Å². The zero-order valence-electron chi connectivity index (χ0n) is 7.68. The quantitative estimate of drug-likeness (QED) is 0.611. The summed E-state index contributed by atoms with van der Waals surface area (Å²) in [5.74, 6) is -2.32. The van der Waals surface area contributed by atoms with Gasteiger partial charge in [0.15, 0.2) is 5.92 Å². The number of hydrogen-bond acceptors (Lipinski definition) is 2. The van der Waals surface area contributed by atoms with Crippen LogP contribution in [0.15, 0.2) is 24.3 Å². The second-order valence-corrected chi connectivity index (χ2v) is 3.75. The SMILES string of the molecule is O=C(O)C1CN(c2ccc(Cl)cc2)C1=O. The number of rotatable bonds is 2. The van der Waals surface area contributed by atoms with Gasteiger partial charge in [0.2, 0.25) is 5.91 Å². The molecule has 0 bridgehead atoms. The molecule has 1 saturated heterocycles. The van der Waals surface area contributed by atoms with E-state index >= 15 is 0 Å². The summed E-state index contributed by atoms with van der Waals surface area (Å²) in [5, 5.41) is 9.23. The standard InChI is InChI=1S/C10H8ClNO3/c11-6-1-3-7(4-2-6)12-5-8(9(12)13)10(14)15/h1-4,8H,5H2,(H,14,15). The van der Waals surface area contributed by atoms with E-state index in [1.807, 2.05) is 0 Å². The average Bonchev–Trinajstić information content (AvgIpc) is 2.18. The van der Waals surface area contributed by atoms with Gasteiger partial charge in [0.05, 0.1) is 0 Å². The van der Waals surface area contributed by atoms with Crippen LogP contribution in [-0.2, 0) is 9.59 Å². The Morgan fingerprint density at radius 3 is 2.47 bits per heavy atom. The number of amides is 1. The summed E-state index contributed by atoms with van der Waals surface area (Å²) in [6, 6.07) is 6.72. The summed E-state index contributed by atoms with van der Waals surface area (Å²) < 4.78 is 0. The minimum absolute atomic E-state index is 0.232. The van der Waals surface area contributed by atoms with Crippen molar-refractivity contribution < 1.29 is 14.7 Å². The van der Waals surface area contributed by atoms with Crippen LogP contribution in [0, 0.1) is 5.92 Å². The lowest BCUT2D eigenvalue weighted by atomic mass is 9.98. The minimum atomic E-state index is -1.06. The first-order chi connectivity index (χ1) is 7.09. The molecule has 1 aliphatic heterocycles. The fourth-order valence-electron chi connectivity index (χ4n) is 1.46. The zero-order chi connectivity index (χ0) is 11.0. The van der Waals surface area contributed by atoms with Crippen molar-refractivity contribution in [2.24, 2.45) is 5.92 Å². The van der Waals surface area contributed by atoms with Gasteiger partial charge in [-0.1, -0.05) is 11.6 Å². The van der Waals surface area contributed by atoms with Crippen molar-refractivity contribution in [1.29, 1.82) is 0 Å². The van der Waals surface area contributed by atoms with Crippen LogP contribution >= 0.6 is 11.6 Å². The van der Waals surface area contributed by atoms with Crippen molar-refractivity contribution in [3.8, 4) is 0 Å². The minimum Gasteiger partial charge on any atom is -0.481 e. The summed E-state index contributed by atoms with van der Waals surface area (Å²) in [5.41, 5.74) is 0.682. The molecule has 1 heterocycles. The highest BCUT2D eigenvalue weighted by molar-refractivity contribution is 6.30. The fraction of sp³-hybridized carbons (Fsp3) is 0.200. The lowest BCUT2D eigenvalue weighted by Gasteiger charge is -2.35. The Hall–Kier alpha value is -1.55. The van der Waals surface area contributed by atoms with Crippen LogP contribution < -0.4 is 4.90 Å². The van der Waals surface area contributed by atoms with E-state index in [4.69, 9.17) is 16.7 Å². The Labute approximate surface area is 91.1 Å². The largest absolute Gasteiger partial charge is 0.481 e. The predicted octanol–water partition coefficient (Wildman–Crippen LogP) is 1.39. The van der Waals surface area contributed by atoms with Gasteiger partial charge in [-0.2, -0.15) is 0 Å². The monoisotopic (exact) mass is 225 g/mol. The number of carbonyl (C=O) groups excluding carboxylic acids is 1. The molecule has 1 amide bonds. The van der Waals surface area contributed by atoms with Crippen molar-refractivity contribution in [2.75, 3.05) is 11.4 Å². The van der Waals surface area contributed by atoms with E-state index in [9.17, 15) is 9.59 Å². The molecule has 5 heteroatoms. The van der Waals surface area contributed by atoms with Gasteiger partial charge in [-0.15, -0.1) is 0 Å². The lowest BCUT2D eigenvalue weighted by molar-refractivity contribution is -0.149. The molecule has 1 unspecified atom stereocenters. The maximum atomic E-state index is 11.4. The number of anilines is 1. The topological polar surface area (TPSA) is 57.6 Å².